The Kier molecular flexibility index (Phi) is 3.66. The van der Waals surface area contributed by atoms with E-state index in [2.05, 4.69) is 73.8 Å². The van der Waals surface area contributed by atoms with Gasteiger partial charge in [0, 0.05) is 28.6 Å². The van der Waals surface area contributed by atoms with Crippen molar-refractivity contribution in [1.82, 2.24) is 4.98 Å². The van der Waals surface area contributed by atoms with Crippen LogP contribution in [0.1, 0.15) is 12.5 Å². The number of nitrogens with one attached hydrogen (secondary N) is 1. The van der Waals surface area contributed by atoms with Gasteiger partial charge in [-0.3, -0.25) is 0 Å². The lowest BCUT2D eigenvalue weighted by Crippen LogP contribution is -1.98. The number of aromatic nitrogens is 1. The standard InChI is InChI=1S/C22H20N2/c1-3-23-19-13-12-16(14-15(19)2)22-17-8-4-6-10-20(17)24-21-11-7-5-9-18(21)22/h4-14,23H,3H2,1-2H3. The van der Waals surface area contributed by atoms with Crippen LogP contribution < -0.4 is 5.32 Å². The molecule has 0 spiro atoms. The molecule has 0 saturated heterocycles. The predicted octanol–water partition coefficient (Wildman–Crippen LogP) is 5.80. The molecular weight excluding hydrogens is 292 g/mol. The fraction of sp³-hybridized carbons (Fsp3) is 0.136. The first-order chi connectivity index (χ1) is 11.8. The zero-order valence-corrected chi connectivity index (χ0v) is 14.0. The average Bonchev–Trinajstić information content (AvgIpc) is 2.61. The molecule has 2 nitrogen and oxygen atoms in total. The zero-order chi connectivity index (χ0) is 16.5. The fourth-order valence-electron chi connectivity index (χ4n) is 3.36. The fourth-order valence-corrected chi connectivity index (χ4v) is 3.36. The van der Waals surface area contributed by atoms with Gasteiger partial charge in [0.25, 0.3) is 0 Å². The first-order valence-electron chi connectivity index (χ1n) is 8.40. The van der Waals surface area contributed by atoms with Crippen molar-refractivity contribution in [2.24, 2.45) is 0 Å². The predicted molar refractivity (Wildman–Crippen MR) is 104 cm³/mol. The van der Waals surface area contributed by atoms with E-state index in [0.29, 0.717) is 0 Å². The van der Waals surface area contributed by atoms with Gasteiger partial charge >= 0.3 is 0 Å². The summed E-state index contributed by atoms with van der Waals surface area (Å²) in [5, 5.41) is 5.82. The third kappa shape index (κ3) is 2.41. The van der Waals surface area contributed by atoms with Gasteiger partial charge in [0.15, 0.2) is 0 Å². The number of hydrogen-bond acceptors (Lipinski definition) is 2. The van der Waals surface area contributed by atoms with E-state index in [1.165, 1.54) is 33.2 Å². The molecule has 0 aliphatic carbocycles. The molecule has 24 heavy (non-hydrogen) atoms. The van der Waals surface area contributed by atoms with E-state index in [9.17, 15) is 0 Å². The van der Waals surface area contributed by atoms with E-state index >= 15 is 0 Å². The lowest BCUT2D eigenvalue weighted by molar-refractivity contribution is 1.20. The van der Waals surface area contributed by atoms with Crippen LogP contribution >= 0.6 is 0 Å². The van der Waals surface area contributed by atoms with Crippen LogP contribution in [0.2, 0.25) is 0 Å². The molecule has 0 aliphatic rings. The van der Waals surface area contributed by atoms with E-state index in [-0.39, 0.29) is 0 Å². The van der Waals surface area contributed by atoms with Crippen LogP contribution in [0.3, 0.4) is 0 Å². The Morgan fingerprint density at radius 2 is 1.46 bits per heavy atom. The highest BCUT2D eigenvalue weighted by atomic mass is 14.9. The number of pyridine rings is 1. The molecule has 2 heteroatoms. The Morgan fingerprint density at radius 3 is 2.04 bits per heavy atom. The number of anilines is 1. The van der Waals surface area contributed by atoms with E-state index in [1.807, 2.05) is 12.1 Å². The quantitative estimate of drug-likeness (QED) is 0.484. The van der Waals surface area contributed by atoms with Crippen LogP contribution in [0.5, 0.6) is 0 Å². The SMILES string of the molecule is CCNc1ccc(-c2c3ccccc3nc3ccccc23)cc1C. The normalized spacial score (nSPS) is 11.1. The molecule has 1 heterocycles. The summed E-state index contributed by atoms with van der Waals surface area (Å²) in [5.74, 6) is 0. The van der Waals surface area contributed by atoms with Gasteiger partial charge in [-0.25, -0.2) is 4.98 Å². The Morgan fingerprint density at radius 1 is 0.833 bits per heavy atom. The maximum Gasteiger partial charge on any atom is 0.0715 e. The maximum absolute atomic E-state index is 4.82. The van der Waals surface area contributed by atoms with Crippen molar-refractivity contribution in [2.75, 3.05) is 11.9 Å². The van der Waals surface area contributed by atoms with Crippen LogP contribution in [0.25, 0.3) is 32.9 Å². The average molecular weight is 312 g/mol. The Balaban J connectivity index is 2.05. The molecule has 1 aromatic heterocycles. The molecule has 0 unspecified atom stereocenters. The summed E-state index contributed by atoms with van der Waals surface area (Å²) in [5.41, 5.74) is 7.05. The number of aryl methyl sites for hydroxylation is 1. The summed E-state index contributed by atoms with van der Waals surface area (Å²) in [7, 11) is 0. The van der Waals surface area contributed by atoms with Crippen molar-refractivity contribution in [3.8, 4) is 11.1 Å². The molecule has 0 amide bonds. The zero-order valence-electron chi connectivity index (χ0n) is 14.0. The Bertz CT molecular complexity index is 980. The summed E-state index contributed by atoms with van der Waals surface area (Å²) in [6, 6.07) is 23.4. The summed E-state index contributed by atoms with van der Waals surface area (Å²) < 4.78 is 0. The van der Waals surface area contributed by atoms with Gasteiger partial charge in [0.2, 0.25) is 0 Å². The highest BCUT2D eigenvalue weighted by Gasteiger charge is 2.11. The topological polar surface area (TPSA) is 24.9 Å². The van der Waals surface area contributed by atoms with Gasteiger partial charge in [-0.05, 0) is 49.2 Å². The second-order valence-electron chi connectivity index (χ2n) is 6.08. The first kappa shape index (κ1) is 14.7. The molecule has 4 aromatic rings. The van der Waals surface area contributed by atoms with Gasteiger partial charge in [-0.15, -0.1) is 0 Å². The van der Waals surface area contributed by atoms with Gasteiger partial charge in [-0.2, -0.15) is 0 Å². The van der Waals surface area contributed by atoms with Crippen molar-refractivity contribution >= 4 is 27.5 Å². The van der Waals surface area contributed by atoms with Crippen LogP contribution in [0, 0.1) is 6.92 Å². The third-order valence-corrected chi connectivity index (χ3v) is 4.47. The summed E-state index contributed by atoms with van der Waals surface area (Å²) in [4.78, 5) is 4.82. The summed E-state index contributed by atoms with van der Waals surface area (Å²) in [6.45, 7) is 5.21. The van der Waals surface area contributed by atoms with Crippen molar-refractivity contribution in [3.05, 3.63) is 72.3 Å². The second-order valence-corrected chi connectivity index (χ2v) is 6.08. The largest absolute Gasteiger partial charge is 0.385 e. The van der Waals surface area contributed by atoms with Crippen molar-refractivity contribution in [2.45, 2.75) is 13.8 Å². The monoisotopic (exact) mass is 312 g/mol. The minimum absolute atomic E-state index is 0.932. The van der Waals surface area contributed by atoms with E-state index < -0.39 is 0 Å². The molecule has 0 aliphatic heterocycles. The van der Waals surface area contributed by atoms with Gasteiger partial charge < -0.3 is 5.32 Å². The Labute approximate surface area is 142 Å². The number of fused-ring (bicyclic) bond motifs is 2. The second kappa shape index (κ2) is 5.97. The molecule has 0 saturated carbocycles. The summed E-state index contributed by atoms with van der Waals surface area (Å²) in [6.07, 6.45) is 0. The molecule has 0 atom stereocenters. The molecule has 3 aromatic carbocycles. The first-order valence-corrected chi connectivity index (χ1v) is 8.40. The molecule has 0 radical (unpaired) electrons. The third-order valence-electron chi connectivity index (χ3n) is 4.47. The van der Waals surface area contributed by atoms with Crippen molar-refractivity contribution in [3.63, 3.8) is 0 Å². The van der Waals surface area contributed by atoms with E-state index in [4.69, 9.17) is 4.98 Å². The molecule has 0 bridgehead atoms. The van der Waals surface area contributed by atoms with Crippen LogP contribution in [-0.2, 0) is 0 Å². The summed E-state index contributed by atoms with van der Waals surface area (Å²) >= 11 is 0. The van der Waals surface area contributed by atoms with Gasteiger partial charge in [0.1, 0.15) is 0 Å². The van der Waals surface area contributed by atoms with Crippen molar-refractivity contribution < 1.29 is 0 Å². The van der Waals surface area contributed by atoms with Crippen LogP contribution in [0.4, 0.5) is 5.69 Å². The number of para-hydroxylation sites is 2. The lowest BCUT2D eigenvalue weighted by atomic mass is 9.95. The van der Waals surface area contributed by atoms with E-state index in [0.717, 1.165) is 17.6 Å². The minimum atomic E-state index is 0.932. The van der Waals surface area contributed by atoms with Gasteiger partial charge in [-0.1, -0.05) is 42.5 Å². The van der Waals surface area contributed by atoms with Crippen LogP contribution in [-0.4, -0.2) is 11.5 Å². The van der Waals surface area contributed by atoms with Crippen molar-refractivity contribution in [1.29, 1.82) is 0 Å². The number of hydrogen-bond donors (Lipinski definition) is 1. The highest BCUT2D eigenvalue weighted by molar-refractivity contribution is 6.09. The number of benzene rings is 3. The highest BCUT2D eigenvalue weighted by Crippen LogP contribution is 2.36. The van der Waals surface area contributed by atoms with E-state index in [1.54, 1.807) is 0 Å². The van der Waals surface area contributed by atoms with Gasteiger partial charge in [0.05, 0.1) is 11.0 Å². The Hall–Kier alpha value is -2.87. The molecule has 4 rings (SSSR count). The number of nitrogens with zero attached hydrogens (tertiary/aromatic N) is 1. The maximum atomic E-state index is 4.82. The number of rotatable bonds is 3. The molecular formula is C22H20N2. The molecule has 118 valence electrons. The van der Waals surface area contributed by atoms with Crippen LogP contribution in [0.15, 0.2) is 66.7 Å². The smallest absolute Gasteiger partial charge is 0.0715 e. The minimum Gasteiger partial charge on any atom is -0.385 e. The molecule has 0 fully saturated rings. The lowest BCUT2D eigenvalue weighted by Gasteiger charge is -2.14. The molecule has 1 N–H and O–H groups in total.